The molecule has 0 saturated heterocycles. The van der Waals surface area contributed by atoms with Gasteiger partial charge in [-0.3, -0.25) is 0 Å². The van der Waals surface area contributed by atoms with Gasteiger partial charge in [0.25, 0.3) is 0 Å². The lowest BCUT2D eigenvalue weighted by molar-refractivity contribution is 0.342. The van der Waals surface area contributed by atoms with Crippen LogP contribution >= 0.6 is 0 Å². The predicted octanol–water partition coefficient (Wildman–Crippen LogP) is 2.61. The SMILES string of the molecule is COc1ccc(OC)c(C2(CN)CCCC2)c1F. The second kappa shape index (κ2) is 5.14. The van der Waals surface area contributed by atoms with Crippen molar-refractivity contribution in [3.8, 4) is 11.5 Å². The Morgan fingerprint density at radius 2 is 1.72 bits per heavy atom. The summed E-state index contributed by atoms with van der Waals surface area (Å²) in [6, 6.07) is 3.35. The van der Waals surface area contributed by atoms with Crippen molar-refractivity contribution in [2.45, 2.75) is 31.1 Å². The summed E-state index contributed by atoms with van der Waals surface area (Å²) in [7, 11) is 3.03. The Kier molecular flexibility index (Phi) is 3.76. The number of ether oxygens (including phenoxy) is 2. The minimum absolute atomic E-state index is 0.255. The molecule has 0 bridgehead atoms. The first-order valence-corrected chi connectivity index (χ1v) is 6.29. The van der Waals surface area contributed by atoms with E-state index in [0.29, 0.717) is 17.9 Å². The summed E-state index contributed by atoms with van der Waals surface area (Å²) in [6.45, 7) is 0.438. The van der Waals surface area contributed by atoms with E-state index in [0.717, 1.165) is 25.7 Å². The van der Waals surface area contributed by atoms with Crippen molar-refractivity contribution >= 4 is 0 Å². The fourth-order valence-electron chi connectivity index (χ4n) is 2.97. The van der Waals surface area contributed by atoms with Gasteiger partial charge in [-0.05, 0) is 25.0 Å². The monoisotopic (exact) mass is 253 g/mol. The number of hydrogen-bond acceptors (Lipinski definition) is 3. The van der Waals surface area contributed by atoms with E-state index in [1.165, 1.54) is 7.11 Å². The van der Waals surface area contributed by atoms with Crippen molar-refractivity contribution in [1.29, 1.82) is 0 Å². The molecule has 0 atom stereocenters. The summed E-state index contributed by atoms with van der Waals surface area (Å²) < 4.78 is 24.9. The van der Waals surface area contributed by atoms with E-state index in [9.17, 15) is 4.39 Å². The van der Waals surface area contributed by atoms with Crippen LogP contribution in [0, 0.1) is 5.82 Å². The Morgan fingerprint density at radius 1 is 1.17 bits per heavy atom. The molecule has 2 rings (SSSR count). The summed E-state index contributed by atoms with van der Waals surface area (Å²) in [5, 5.41) is 0. The molecule has 1 fully saturated rings. The van der Waals surface area contributed by atoms with Gasteiger partial charge >= 0.3 is 0 Å². The van der Waals surface area contributed by atoms with Crippen LogP contribution in [-0.4, -0.2) is 20.8 Å². The second-order valence-electron chi connectivity index (χ2n) is 4.85. The summed E-state index contributed by atoms with van der Waals surface area (Å²) in [4.78, 5) is 0. The van der Waals surface area contributed by atoms with Gasteiger partial charge in [-0.15, -0.1) is 0 Å². The highest BCUT2D eigenvalue weighted by atomic mass is 19.1. The Labute approximate surface area is 107 Å². The first-order chi connectivity index (χ1) is 8.68. The maximum atomic E-state index is 14.5. The Hall–Kier alpha value is -1.29. The van der Waals surface area contributed by atoms with E-state index in [1.807, 2.05) is 0 Å². The normalized spacial score (nSPS) is 17.8. The lowest BCUT2D eigenvalue weighted by atomic mass is 9.78. The van der Waals surface area contributed by atoms with Crippen LogP contribution in [0.3, 0.4) is 0 Å². The Bertz CT molecular complexity index is 428. The standard InChI is InChI=1S/C14H20FNO2/c1-17-10-5-6-11(18-2)13(15)12(10)14(9-16)7-3-4-8-14/h5-6H,3-4,7-9,16H2,1-2H3. The maximum Gasteiger partial charge on any atom is 0.172 e. The van der Waals surface area contributed by atoms with Gasteiger partial charge in [0.15, 0.2) is 11.6 Å². The van der Waals surface area contributed by atoms with E-state index in [2.05, 4.69) is 0 Å². The molecule has 0 aromatic heterocycles. The third kappa shape index (κ3) is 1.94. The maximum absolute atomic E-state index is 14.5. The fourth-order valence-corrected chi connectivity index (χ4v) is 2.97. The quantitative estimate of drug-likeness (QED) is 0.897. The van der Waals surface area contributed by atoms with Crippen LogP contribution in [0.15, 0.2) is 12.1 Å². The highest BCUT2D eigenvalue weighted by molar-refractivity contribution is 5.47. The molecular weight excluding hydrogens is 233 g/mol. The van der Waals surface area contributed by atoms with Crippen molar-refractivity contribution in [2.24, 2.45) is 5.73 Å². The number of methoxy groups -OCH3 is 2. The molecule has 3 nitrogen and oxygen atoms in total. The number of nitrogens with two attached hydrogens (primary N) is 1. The minimum atomic E-state index is -0.329. The third-order valence-corrected chi connectivity index (χ3v) is 3.99. The summed E-state index contributed by atoms with van der Waals surface area (Å²) in [6.07, 6.45) is 3.97. The fraction of sp³-hybridized carbons (Fsp3) is 0.571. The number of hydrogen-bond donors (Lipinski definition) is 1. The van der Waals surface area contributed by atoms with E-state index < -0.39 is 0 Å². The molecule has 100 valence electrons. The Balaban J connectivity index is 2.59. The molecule has 0 aliphatic heterocycles. The van der Waals surface area contributed by atoms with Gasteiger partial charge in [0.05, 0.1) is 14.2 Å². The molecule has 4 heteroatoms. The van der Waals surface area contributed by atoms with Gasteiger partial charge in [-0.1, -0.05) is 12.8 Å². The van der Waals surface area contributed by atoms with E-state index in [4.69, 9.17) is 15.2 Å². The molecule has 1 aliphatic rings. The largest absolute Gasteiger partial charge is 0.496 e. The van der Waals surface area contributed by atoms with Gasteiger partial charge in [-0.25, -0.2) is 4.39 Å². The zero-order chi connectivity index (χ0) is 13.2. The van der Waals surface area contributed by atoms with Crippen LogP contribution in [-0.2, 0) is 5.41 Å². The highest BCUT2D eigenvalue weighted by Gasteiger charge is 2.39. The van der Waals surface area contributed by atoms with E-state index in [-0.39, 0.29) is 17.0 Å². The molecule has 1 saturated carbocycles. The molecule has 0 spiro atoms. The molecule has 0 amide bonds. The molecule has 0 unspecified atom stereocenters. The van der Waals surface area contributed by atoms with Crippen LogP contribution in [0.1, 0.15) is 31.2 Å². The van der Waals surface area contributed by atoms with Gasteiger partial charge in [0, 0.05) is 17.5 Å². The average molecular weight is 253 g/mol. The van der Waals surface area contributed by atoms with Gasteiger partial charge < -0.3 is 15.2 Å². The van der Waals surface area contributed by atoms with Gasteiger partial charge in [0.1, 0.15) is 5.75 Å². The first kappa shape index (κ1) is 13.1. The van der Waals surface area contributed by atoms with Crippen molar-refractivity contribution in [2.75, 3.05) is 20.8 Å². The second-order valence-corrected chi connectivity index (χ2v) is 4.85. The zero-order valence-electron chi connectivity index (χ0n) is 11.0. The predicted molar refractivity (Wildman–Crippen MR) is 68.7 cm³/mol. The molecule has 2 N–H and O–H groups in total. The first-order valence-electron chi connectivity index (χ1n) is 6.29. The van der Waals surface area contributed by atoms with Crippen LogP contribution in [0.4, 0.5) is 4.39 Å². The summed E-state index contributed by atoms with van der Waals surface area (Å²) in [5.74, 6) is 0.496. The van der Waals surface area contributed by atoms with Crippen LogP contribution in [0.25, 0.3) is 0 Å². The van der Waals surface area contributed by atoms with Crippen LogP contribution in [0.2, 0.25) is 0 Å². The molecule has 0 radical (unpaired) electrons. The molecule has 1 aromatic carbocycles. The number of benzene rings is 1. The lowest BCUT2D eigenvalue weighted by Crippen LogP contribution is -2.33. The molecule has 1 aromatic rings. The highest BCUT2D eigenvalue weighted by Crippen LogP contribution is 2.46. The van der Waals surface area contributed by atoms with Gasteiger partial charge in [0.2, 0.25) is 0 Å². The molecule has 18 heavy (non-hydrogen) atoms. The zero-order valence-corrected chi connectivity index (χ0v) is 11.0. The van der Waals surface area contributed by atoms with Crippen LogP contribution < -0.4 is 15.2 Å². The Morgan fingerprint density at radius 3 is 2.22 bits per heavy atom. The third-order valence-electron chi connectivity index (χ3n) is 3.99. The molecular formula is C14H20FNO2. The van der Waals surface area contributed by atoms with Crippen LogP contribution in [0.5, 0.6) is 11.5 Å². The topological polar surface area (TPSA) is 44.5 Å². The number of halogens is 1. The van der Waals surface area contributed by atoms with Crippen molar-refractivity contribution in [3.05, 3.63) is 23.5 Å². The average Bonchev–Trinajstić information content (AvgIpc) is 2.88. The minimum Gasteiger partial charge on any atom is -0.496 e. The van der Waals surface area contributed by atoms with Crippen molar-refractivity contribution in [3.63, 3.8) is 0 Å². The number of rotatable bonds is 4. The lowest BCUT2D eigenvalue weighted by Gasteiger charge is -2.30. The van der Waals surface area contributed by atoms with E-state index >= 15 is 0 Å². The van der Waals surface area contributed by atoms with Crippen molar-refractivity contribution in [1.82, 2.24) is 0 Å². The van der Waals surface area contributed by atoms with Gasteiger partial charge in [-0.2, -0.15) is 0 Å². The summed E-state index contributed by atoms with van der Waals surface area (Å²) in [5.41, 5.74) is 6.21. The van der Waals surface area contributed by atoms with Crippen molar-refractivity contribution < 1.29 is 13.9 Å². The summed E-state index contributed by atoms with van der Waals surface area (Å²) >= 11 is 0. The molecule has 1 aliphatic carbocycles. The smallest absolute Gasteiger partial charge is 0.172 e. The molecule has 0 heterocycles. The van der Waals surface area contributed by atoms with E-state index in [1.54, 1.807) is 19.2 Å².